The molecule has 0 saturated heterocycles. The molecule has 0 aliphatic heterocycles. The molecule has 0 aliphatic rings. The van der Waals surface area contributed by atoms with Gasteiger partial charge in [-0.1, -0.05) is 0 Å². The minimum Gasteiger partial charge on any atom is -0.479 e. The fraction of sp³-hybridized carbons (Fsp3) is 0.238. The molecule has 3 rings (SSSR count). The van der Waals surface area contributed by atoms with Gasteiger partial charge in [-0.15, -0.1) is 0 Å². The molecule has 1 atom stereocenters. The number of hydrogen-bond acceptors (Lipinski definition) is 8. The van der Waals surface area contributed by atoms with Gasteiger partial charge in [-0.05, 0) is 43.3 Å². The molecule has 1 heterocycles. The first-order valence-electron chi connectivity index (χ1n) is 9.30. The summed E-state index contributed by atoms with van der Waals surface area (Å²) in [5.41, 5.74) is 0.936. The SMILES string of the molecule is COC(=O)NCCOC(=O)[C@@H](C)Oc1ccc(Oc2cnc3cc(F)ccc3n2)cc1. The van der Waals surface area contributed by atoms with Crippen molar-refractivity contribution in [2.45, 2.75) is 13.0 Å². The number of nitrogens with zero attached hydrogens (tertiary/aromatic N) is 2. The highest BCUT2D eigenvalue weighted by molar-refractivity contribution is 5.75. The Labute approximate surface area is 177 Å². The zero-order valence-electron chi connectivity index (χ0n) is 16.8. The van der Waals surface area contributed by atoms with Crippen LogP contribution < -0.4 is 14.8 Å². The first-order valence-corrected chi connectivity index (χ1v) is 9.30. The summed E-state index contributed by atoms with van der Waals surface area (Å²) >= 11 is 0. The first kappa shape index (κ1) is 21.8. The van der Waals surface area contributed by atoms with Crippen LogP contribution >= 0.6 is 0 Å². The molecule has 162 valence electrons. The molecule has 0 bridgehead atoms. The normalized spacial score (nSPS) is 11.5. The molecule has 1 amide bonds. The second-order valence-electron chi connectivity index (χ2n) is 6.26. The van der Waals surface area contributed by atoms with Crippen LogP contribution in [0.5, 0.6) is 17.4 Å². The van der Waals surface area contributed by atoms with E-state index in [0.29, 0.717) is 22.5 Å². The van der Waals surface area contributed by atoms with Crippen LogP contribution in [0.4, 0.5) is 9.18 Å². The van der Waals surface area contributed by atoms with Gasteiger partial charge < -0.3 is 24.3 Å². The molecule has 0 radical (unpaired) electrons. The molecule has 10 heteroatoms. The number of aromatic nitrogens is 2. The van der Waals surface area contributed by atoms with Gasteiger partial charge in [0, 0.05) is 6.07 Å². The van der Waals surface area contributed by atoms with Gasteiger partial charge in [0.2, 0.25) is 5.88 Å². The lowest BCUT2D eigenvalue weighted by Gasteiger charge is -2.14. The molecule has 1 N–H and O–H groups in total. The number of hydrogen-bond donors (Lipinski definition) is 1. The lowest BCUT2D eigenvalue weighted by molar-refractivity contribution is -0.150. The van der Waals surface area contributed by atoms with E-state index in [1.165, 1.54) is 31.5 Å². The average Bonchev–Trinajstić information content (AvgIpc) is 2.77. The molecule has 0 fully saturated rings. The van der Waals surface area contributed by atoms with Crippen LogP contribution in [0.2, 0.25) is 0 Å². The van der Waals surface area contributed by atoms with Crippen molar-refractivity contribution in [1.82, 2.24) is 15.3 Å². The van der Waals surface area contributed by atoms with Crippen molar-refractivity contribution < 1.29 is 32.9 Å². The van der Waals surface area contributed by atoms with Gasteiger partial charge in [-0.25, -0.2) is 23.9 Å². The molecule has 0 spiro atoms. The molecule has 3 aromatic rings. The highest BCUT2D eigenvalue weighted by Gasteiger charge is 2.16. The van der Waals surface area contributed by atoms with E-state index in [1.54, 1.807) is 31.2 Å². The minimum atomic E-state index is -0.850. The fourth-order valence-electron chi connectivity index (χ4n) is 2.47. The van der Waals surface area contributed by atoms with E-state index in [9.17, 15) is 14.0 Å². The highest BCUT2D eigenvalue weighted by atomic mass is 19.1. The molecular weight excluding hydrogens is 409 g/mol. The van der Waals surface area contributed by atoms with E-state index in [0.717, 1.165) is 0 Å². The number of fused-ring (bicyclic) bond motifs is 1. The van der Waals surface area contributed by atoms with Crippen molar-refractivity contribution in [3.8, 4) is 17.4 Å². The largest absolute Gasteiger partial charge is 0.479 e. The van der Waals surface area contributed by atoms with Crippen LogP contribution in [0.25, 0.3) is 11.0 Å². The monoisotopic (exact) mass is 429 g/mol. The Morgan fingerprint density at radius 3 is 2.58 bits per heavy atom. The van der Waals surface area contributed by atoms with Gasteiger partial charge in [0.15, 0.2) is 6.10 Å². The standard InChI is InChI=1S/C21H20FN3O6/c1-13(20(26)29-10-9-23-21(27)28-2)30-15-4-6-16(7-5-15)31-19-12-24-18-11-14(22)3-8-17(18)25-19/h3-8,11-13H,9-10H2,1-2H3,(H,23,27)/t13-/m1/s1. The van der Waals surface area contributed by atoms with E-state index in [-0.39, 0.29) is 24.8 Å². The maximum Gasteiger partial charge on any atom is 0.406 e. The van der Waals surface area contributed by atoms with Crippen molar-refractivity contribution >= 4 is 23.1 Å². The summed E-state index contributed by atoms with van der Waals surface area (Å²) in [5.74, 6) is 0.207. The Morgan fingerprint density at radius 2 is 1.84 bits per heavy atom. The second-order valence-corrected chi connectivity index (χ2v) is 6.26. The van der Waals surface area contributed by atoms with Crippen molar-refractivity contribution in [2.24, 2.45) is 0 Å². The molecule has 0 aliphatic carbocycles. The van der Waals surface area contributed by atoms with Crippen molar-refractivity contribution in [1.29, 1.82) is 0 Å². The number of amides is 1. The quantitative estimate of drug-likeness (QED) is 0.429. The molecule has 0 saturated carbocycles. The Bertz CT molecular complexity index is 1060. The number of nitrogens with one attached hydrogen (secondary N) is 1. The summed E-state index contributed by atoms with van der Waals surface area (Å²) in [4.78, 5) is 31.3. The van der Waals surface area contributed by atoms with Gasteiger partial charge in [0.25, 0.3) is 0 Å². The fourth-order valence-corrected chi connectivity index (χ4v) is 2.47. The lowest BCUT2D eigenvalue weighted by atomic mass is 10.3. The third-order valence-electron chi connectivity index (χ3n) is 3.97. The van der Waals surface area contributed by atoms with Crippen LogP contribution in [0.1, 0.15) is 6.92 Å². The van der Waals surface area contributed by atoms with E-state index < -0.39 is 18.2 Å². The third kappa shape index (κ3) is 6.26. The number of rotatable bonds is 8. The molecule has 9 nitrogen and oxygen atoms in total. The summed E-state index contributed by atoms with van der Waals surface area (Å²) in [5, 5.41) is 2.40. The highest BCUT2D eigenvalue weighted by Crippen LogP contribution is 2.24. The topological polar surface area (TPSA) is 109 Å². The summed E-state index contributed by atoms with van der Waals surface area (Å²) in [6.07, 6.45) is -0.0536. The smallest absolute Gasteiger partial charge is 0.406 e. The maximum absolute atomic E-state index is 13.2. The molecule has 0 unspecified atom stereocenters. The number of carbonyl (C=O) groups is 2. The van der Waals surface area contributed by atoms with E-state index in [1.807, 2.05) is 0 Å². The number of carbonyl (C=O) groups excluding carboxylic acids is 2. The second kappa shape index (κ2) is 10.2. The minimum absolute atomic E-state index is 0.00611. The number of ether oxygens (including phenoxy) is 4. The van der Waals surface area contributed by atoms with E-state index in [4.69, 9.17) is 14.2 Å². The molecule has 2 aromatic carbocycles. The van der Waals surface area contributed by atoms with Crippen LogP contribution in [0, 0.1) is 5.82 Å². The van der Waals surface area contributed by atoms with Crippen molar-refractivity contribution in [2.75, 3.05) is 20.3 Å². The summed E-state index contributed by atoms with van der Waals surface area (Å²) < 4.78 is 33.9. The predicted octanol–water partition coefficient (Wildman–Crippen LogP) is 3.23. The van der Waals surface area contributed by atoms with Crippen LogP contribution in [0.3, 0.4) is 0 Å². The zero-order chi connectivity index (χ0) is 22.2. The van der Waals surface area contributed by atoms with Crippen molar-refractivity contribution in [3.05, 3.63) is 54.5 Å². The summed E-state index contributed by atoms with van der Waals surface area (Å²) in [7, 11) is 1.24. The van der Waals surface area contributed by atoms with Gasteiger partial charge in [0.1, 0.15) is 23.9 Å². The Kier molecular flexibility index (Phi) is 7.15. The summed E-state index contributed by atoms with van der Waals surface area (Å²) in [6, 6.07) is 10.7. The Morgan fingerprint density at radius 1 is 1.10 bits per heavy atom. The number of halogens is 1. The van der Waals surface area contributed by atoms with Gasteiger partial charge >= 0.3 is 12.1 Å². The van der Waals surface area contributed by atoms with Crippen LogP contribution in [-0.4, -0.2) is 48.4 Å². The predicted molar refractivity (Wildman–Crippen MR) is 107 cm³/mol. The maximum atomic E-state index is 13.2. The van der Waals surface area contributed by atoms with Gasteiger partial charge in [-0.3, -0.25) is 0 Å². The van der Waals surface area contributed by atoms with Gasteiger partial charge in [0.05, 0.1) is 30.9 Å². The molecule has 1 aromatic heterocycles. The number of benzene rings is 2. The summed E-state index contributed by atoms with van der Waals surface area (Å²) in [6.45, 7) is 1.67. The lowest BCUT2D eigenvalue weighted by Crippen LogP contribution is -2.31. The van der Waals surface area contributed by atoms with Gasteiger partial charge in [-0.2, -0.15) is 0 Å². The Hall–Kier alpha value is -3.95. The average molecular weight is 429 g/mol. The third-order valence-corrected chi connectivity index (χ3v) is 3.97. The van der Waals surface area contributed by atoms with Crippen molar-refractivity contribution in [3.63, 3.8) is 0 Å². The molecular formula is C21H20FN3O6. The van der Waals surface area contributed by atoms with E-state index >= 15 is 0 Å². The van der Waals surface area contributed by atoms with E-state index in [2.05, 4.69) is 20.0 Å². The zero-order valence-corrected chi connectivity index (χ0v) is 16.8. The number of esters is 1. The number of alkyl carbamates (subject to hydrolysis) is 1. The molecule has 31 heavy (non-hydrogen) atoms. The first-order chi connectivity index (χ1) is 14.9. The Balaban J connectivity index is 1.51. The number of methoxy groups -OCH3 is 1. The van der Waals surface area contributed by atoms with Crippen LogP contribution in [-0.2, 0) is 14.3 Å². The van der Waals surface area contributed by atoms with Crippen LogP contribution in [0.15, 0.2) is 48.7 Å².